The first-order valence-corrected chi connectivity index (χ1v) is 5.67. The summed E-state index contributed by atoms with van der Waals surface area (Å²) < 4.78 is 0. The molecule has 1 rings (SSSR count). The SMILES string of the molecule is C=CC(CNCCC)c1ccc(C)cc1. The van der Waals surface area contributed by atoms with Crippen molar-refractivity contribution in [1.82, 2.24) is 5.32 Å². The molecule has 0 aliphatic rings. The van der Waals surface area contributed by atoms with Gasteiger partial charge in [0.15, 0.2) is 0 Å². The fraction of sp³-hybridized carbons (Fsp3) is 0.429. The molecule has 1 atom stereocenters. The van der Waals surface area contributed by atoms with Crippen molar-refractivity contribution in [1.29, 1.82) is 0 Å². The van der Waals surface area contributed by atoms with Crippen molar-refractivity contribution in [3.63, 3.8) is 0 Å². The van der Waals surface area contributed by atoms with Crippen LogP contribution in [0.5, 0.6) is 0 Å². The van der Waals surface area contributed by atoms with Gasteiger partial charge in [-0.05, 0) is 25.5 Å². The smallest absolute Gasteiger partial charge is 0.0141 e. The highest BCUT2D eigenvalue weighted by molar-refractivity contribution is 5.27. The van der Waals surface area contributed by atoms with Crippen molar-refractivity contribution in [2.45, 2.75) is 26.2 Å². The highest BCUT2D eigenvalue weighted by atomic mass is 14.8. The van der Waals surface area contributed by atoms with Crippen molar-refractivity contribution in [2.24, 2.45) is 0 Å². The predicted octanol–water partition coefficient (Wildman–Crippen LogP) is 3.26. The summed E-state index contributed by atoms with van der Waals surface area (Å²) >= 11 is 0. The third kappa shape index (κ3) is 3.88. The van der Waals surface area contributed by atoms with Crippen molar-refractivity contribution < 1.29 is 0 Å². The van der Waals surface area contributed by atoms with Gasteiger partial charge in [-0.3, -0.25) is 0 Å². The molecule has 0 aliphatic carbocycles. The topological polar surface area (TPSA) is 12.0 Å². The zero-order chi connectivity index (χ0) is 11.1. The van der Waals surface area contributed by atoms with E-state index in [2.05, 4.69) is 50.0 Å². The molecule has 1 aromatic carbocycles. The van der Waals surface area contributed by atoms with Crippen LogP contribution in [0.4, 0.5) is 0 Å². The van der Waals surface area contributed by atoms with Crippen LogP contribution in [0.25, 0.3) is 0 Å². The van der Waals surface area contributed by atoms with E-state index in [9.17, 15) is 0 Å². The Morgan fingerprint density at radius 1 is 1.33 bits per heavy atom. The Labute approximate surface area is 93.2 Å². The van der Waals surface area contributed by atoms with Gasteiger partial charge in [0.05, 0.1) is 0 Å². The van der Waals surface area contributed by atoms with Crippen LogP contribution in [0.15, 0.2) is 36.9 Å². The van der Waals surface area contributed by atoms with Crippen LogP contribution in [-0.4, -0.2) is 13.1 Å². The van der Waals surface area contributed by atoms with Crippen molar-refractivity contribution in [3.05, 3.63) is 48.0 Å². The van der Waals surface area contributed by atoms with E-state index in [4.69, 9.17) is 0 Å². The number of hydrogen-bond acceptors (Lipinski definition) is 1. The molecule has 0 spiro atoms. The molecule has 0 amide bonds. The van der Waals surface area contributed by atoms with E-state index in [1.165, 1.54) is 17.5 Å². The lowest BCUT2D eigenvalue weighted by Gasteiger charge is -2.13. The molecule has 0 saturated carbocycles. The molecular formula is C14H21N. The molecule has 0 aromatic heterocycles. The standard InChI is InChI=1S/C14H21N/c1-4-10-15-11-13(5-2)14-8-6-12(3)7-9-14/h5-9,13,15H,2,4,10-11H2,1,3H3. The van der Waals surface area contributed by atoms with Gasteiger partial charge in [0.25, 0.3) is 0 Å². The van der Waals surface area contributed by atoms with Gasteiger partial charge in [0, 0.05) is 12.5 Å². The van der Waals surface area contributed by atoms with Crippen molar-refractivity contribution >= 4 is 0 Å². The summed E-state index contributed by atoms with van der Waals surface area (Å²) in [7, 11) is 0. The largest absolute Gasteiger partial charge is 0.316 e. The summed E-state index contributed by atoms with van der Waals surface area (Å²) in [4.78, 5) is 0. The van der Waals surface area contributed by atoms with Crippen LogP contribution < -0.4 is 5.32 Å². The van der Waals surface area contributed by atoms with Gasteiger partial charge in [-0.25, -0.2) is 0 Å². The average Bonchev–Trinajstić information content (AvgIpc) is 2.26. The molecule has 1 nitrogen and oxygen atoms in total. The second kappa shape index (κ2) is 6.41. The summed E-state index contributed by atoms with van der Waals surface area (Å²) in [6.45, 7) is 10.3. The summed E-state index contributed by atoms with van der Waals surface area (Å²) in [5, 5.41) is 3.43. The third-order valence-corrected chi connectivity index (χ3v) is 2.58. The van der Waals surface area contributed by atoms with Crippen LogP contribution in [0.3, 0.4) is 0 Å². The summed E-state index contributed by atoms with van der Waals surface area (Å²) in [6.07, 6.45) is 3.20. The quantitative estimate of drug-likeness (QED) is 0.553. The minimum absolute atomic E-state index is 0.428. The molecule has 0 saturated heterocycles. The number of rotatable bonds is 6. The van der Waals surface area contributed by atoms with E-state index in [0.29, 0.717) is 5.92 Å². The van der Waals surface area contributed by atoms with Crippen LogP contribution in [0, 0.1) is 6.92 Å². The van der Waals surface area contributed by atoms with Crippen molar-refractivity contribution in [3.8, 4) is 0 Å². The molecular weight excluding hydrogens is 182 g/mol. The maximum Gasteiger partial charge on any atom is 0.0141 e. The monoisotopic (exact) mass is 203 g/mol. The highest BCUT2D eigenvalue weighted by Crippen LogP contribution is 2.16. The van der Waals surface area contributed by atoms with Gasteiger partial charge < -0.3 is 5.32 Å². The van der Waals surface area contributed by atoms with Gasteiger partial charge in [0.1, 0.15) is 0 Å². The second-order valence-corrected chi connectivity index (χ2v) is 3.96. The first kappa shape index (κ1) is 12.0. The Hall–Kier alpha value is -1.08. The second-order valence-electron chi connectivity index (χ2n) is 3.96. The zero-order valence-electron chi connectivity index (χ0n) is 9.79. The lowest BCUT2D eigenvalue weighted by molar-refractivity contribution is 0.637. The molecule has 1 heteroatoms. The Kier molecular flexibility index (Phi) is 5.13. The fourth-order valence-corrected chi connectivity index (χ4v) is 1.59. The Bertz CT molecular complexity index is 287. The van der Waals surface area contributed by atoms with Crippen LogP contribution in [-0.2, 0) is 0 Å². The van der Waals surface area contributed by atoms with Crippen LogP contribution in [0.1, 0.15) is 30.4 Å². The zero-order valence-corrected chi connectivity index (χ0v) is 9.79. The minimum atomic E-state index is 0.428. The lowest BCUT2D eigenvalue weighted by Crippen LogP contribution is -2.21. The van der Waals surface area contributed by atoms with E-state index in [1.54, 1.807) is 0 Å². The lowest BCUT2D eigenvalue weighted by atomic mass is 9.98. The van der Waals surface area contributed by atoms with Crippen LogP contribution >= 0.6 is 0 Å². The summed E-state index contributed by atoms with van der Waals surface area (Å²) in [6, 6.07) is 8.70. The summed E-state index contributed by atoms with van der Waals surface area (Å²) in [5.74, 6) is 0.428. The van der Waals surface area contributed by atoms with Gasteiger partial charge >= 0.3 is 0 Å². The highest BCUT2D eigenvalue weighted by Gasteiger charge is 2.05. The van der Waals surface area contributed by atoms with E-state index in [0.717, 1.165) is 13.1 Å². The molecule has 0 bridgehead atoms. The predicted molar refractivity (Wildman–Crippen MR) is 67.3 cm³/mol. The summed E-state index contributed by atoms with van der Waals surface area (Å²) in [5.41, 5.74) is 2.65. The molecule has 0 fully saturated rings. The molecule has 82 valence electrons. The average molecular weight is 203 g/mol. The Morgan fingerprint density at radius 2 is 2.00 bits per heavy atom. The normalized spacial score (nSPS) is 12.4. The Morgan fingerprint density at radius 3 is 2.53 bits per heavy atom. The van der Waals surface area contributed by atoms with Crippen molar-refractivity contribution in [2.75, 3.05) is 13.1 Å². The maximum absolute atomic E-state index is 3.90. The molecule has 0 radical (unpaired) electrons. The van der Waals surface area contributed by atoms with E-state index < -0.39 is 0 Å². The molecule has 1 aromatic rings. The molecule has 0 aliphatic heterocycles. The van der Waals surface area contributed by atoms with E-state index in [1.807, 2.05) is 6.08 Å². The molecule has 0 heterocycles. The number of benzene rings is 1. The van der Waals surface area contributed by atoms with Gasteiger partial charge in [-0.1, -0.05) is 42.8 Å². The maximum atomic E-state index is 3.90. The Balaban J connectivity index is 2.57. The number of aryl methyl sites for hydroxylation is 1. The first-order valence-electron chi connectivity index (χ1n) is 5.67. The van der Waals surface area contributed by atoms with E-state index >= 15 is 0 Å². The molecule has 15 heavy (non-hydrogen) atoms. The van der Waals surface area contributed by atoms with Gasteiger partial charge in [-0.2, -0.15) is 0 Å². The fourth-order valence-electron chi connectivity index (χ4n) is 1.59. The number of hydrogen-bond donors (Lipinski definition) is 1. The first-order chi connectivity index (χ1) is 7.27. The van der Waals surface area contributed by atoms with Crippen LogP contribution in [0.2, 0.25) is 0 Å². The van der Waals surface area contributed by atoms with Gasteiger partial charge in [-0.15, -0.1) is 6.58 Å². The number of nitrogens with one attached hydrogen (secondary N) is 1. The molecule has 1 unspecified atom stereocenters. The van der Waals surface area contributed by atoms with E-state index in [-0.39, 0.29) is 0 Å². The minimum Gasteiger partial charge on any atom is -0.316 e. The third-order valence-electron chi connectivity index (χ3n) is 2.58. The van der Waals surface area contributed by atoms with Gasteiger partial charge in [0.2, 0.25) is 0 Å². The molecule has 1 N–H and O–H groups in total.